The molecule has 5 rings (SSSR count). The summed E-state index contributed by atoms with van der Waals surface area (Å²) in [4.78, 5) is 29.3. The van der Waals surface area contributed by atoms with E-state index >= 15 is 0 Å². The highest BCUT2D eigenvalue weighted by Crippen LogP contribution is 2.30. The molecule has 1 saturated heterocycles. The van der Waals surface area contributed by atoms with Gasteiger partial charge in [-0.05, 0) is 72.3 Å². The number of halogens is 1. The first-order valence-corrected chi connectivity index (χ1v) is 14.6. The fourth-order valence-electron chi connectivity index (χ4n) is 5.08. The third-order valence-corrected chi connectivity index (χ3v) is 8.94. The molecule has 1 saturated carbocycles. The summed E-state index contributed by atoms with van der Waals surface area (Å²) in [5, 5.41) is 15.1. The van der Waals surface area contributed by atoms with Crippen LogP contribution in [0, 0.1) is 22.9 Å². The second-order valence-electron chi connectivity index (χ2n) is 10.0. The van der Waals surface area contributed by atoms with Crippen molar-refractivity contribution < 1.29 is 22.5 Å². The average Bonchev–Trinajstić information content (AvgIpc) is 3.43. The van der Waals surface area contributed by atoms with Gasteiger partial charge >= 0.3 is 11.4 Å². The lowest BCUT2D eigenvalue weighted by atomic mass is 10.2. The number of anilines is 1. The van der Waals surface area contributed by atoms with Gasteiger partial charge in [0.15, 0.2) is 0 Å². The maximum atomic E-state index is 14.1. The van der Waals surface area contributed by atoms with Gasteiger partial charge in [0.05, 0.1) is 23.7 Å². The number of nitrogens with zero attached hydrogens (tertiary/aromatic N) is 6. The molecule has 0 amide bonds. The van der Waals surface area contributed by atoms with E-state index in [-0.39, 0.29) is 36.5 Å². The highest BCUT2D eigenvalue weighted by atomic mass is 32.2. The summed E-state index contributed by atoms with van der Waals surface area (Å²) < 4.78 is 48.9. The Hall–Kier alpha value is -3.91. The quantitative estimate of drug-likeness (QED) is 0.294. The van der Waals surface area contributed by atoms with E-state index in [1.165, 1.54) is 41.0 Å². The van der Waals surface area contributed by atoms with Gasteiger partial charge in [0.1, 0.15) is 17.7 Å². The number of nitro groups is 1. The molecule has 3 heterocycles. The largest absolute Gasteiger partial charge is 0.483 e. The number of piperazine rings is 1. The molecule has 212 valence electrons. The number of sulfonamides is 1. The number of pyridine rings is 1. The second kappa shape index (κ2) is 11.3. The smallest absolute Gasteiger partial charge is 0.363 e. The molecule has 12 nitrogen and oxygen atoms in total. The summed E-state index contributed by atoms with van der Waals surface area (Å²) in [6.45, 7) is 2.65. The topological polar surface area (TPSA) is 141 Å². The van der Waals surface area contributed by atoms with Crippen LogP contribution in [0.4, 0.5) is 15.9 Å². The fourth-order valence-corrected chi connectivity index (χ4v) is 6.57. The van der Waals surface area contributed by atoms with Gasteiger partial charge in [-0.3, -0.25) is 4.79 Å². The van der Waals surface area contributed by atoms with Crippen LogP contribution in [0.1, 0.15) is 36.8 Å². The van der Waals surface area contributed by atoms with Crippen molar-refractivity contribution in [1.29, 1.82) is 0 Å². The van der Waals surface area contributed by atoms with Crippen molar-refractivity contribution in [2.75, 3.05) is 31.1 Å². The predicted molar refractivity (Wildman–Crippen MR) is 145 cm³/mol. The molecular formula is C26H29FN6O6S. The lowest BCUT2D eigenvalue weighted by molar-refractivity contribution is -0.389. The normalized spacial score (nSPS) is 16.8. The van der Waals surface area contributed by atoms with Gasteiger partial charge in [-0.15, -0.1) is 0 Å². The Balaban J connectivity index is 1.36. The molecule has 2 aromatic heterocycles. The first kappa shape index (κ1) is 27.6. The minimum Gasteiger partial charge on any atom is -0.483 e. The van der Waals surface area contributed by atoms with E-state index in [4.69, 9.17) is 4.74 Å². The first-order chi connectivity index (χ1) is 19.1. The number of aryl methyl sites for hydroxylation is 1. The molecule has 1 aromatic carbocycles. The molecular weight excluding hydrogens is 543 g/mol. The van der Waals surface area contributed by atoms with Crippen LogP contribution < -0.4 is 15.2 Å². The summed E-state index contributed by atoms with van der Waals surface area (Å²) in [5.41, 5.74) is 1.25. The van der Waals surface area contributed by atoms with Crippen LogP contribution in [-0.2, 0) is 15.8 Å². The van der Waals surface area contributed by atoms with Crippen molar-refractivity contribution in [1.82, 2.24) is 19.1 Å². The van der Waals surface area contributed by atoms with E-state index in [0.29, 0.717) is 35.6 Å². The van der Waals surface area contributed by atoms with Crippen molar-refractivity contribution in [3.8, 4) is 11.4 Å². The highest BCUT2D eigenvalue weighted by molar-refractivity contribution is 7.88. The van der Waals surface area contributed by atoms with Gasteiger partial charge in [-0.1, -0.05) is 0 Å². The lowest BCUT2D eigenvalue weighted by Crippen LogP contribution is -2.49. The van der Waals surface area contributed by atoms with Gasteiger partial charge in [0.25, 0.3) is 0 Å². The molecule has 2 aliphatic rings. The van der Waals surface area contributed by atoms with Crippen LogP contribution in [0.5, 0.6) is 5.75 Å². The molecule has 0 N–H and O–H groups in total. The third-order valence-electron chi connectivity index (χ3n) is 7.09. The Kier molecular flexibility index (Phi) is 7.81. The second-order valence-corrected chi connectivity index (χ2v) is 12.0. The number of aromatic nitrogens is 3. The van der Waals surface area contributed by atoms with Crippen LogP contribution in [0.15, 0.2) is 47.5 Å². The molecule has 40 heavy (non-hydrogen) atoms. The Bertz CT molecular complexity index is 1550. The van der Waals surface area contributed by atoms with Crippen molar-refractivity contribution in [2.24, 2.45) is 0 Å². The van der Waals surface area contributed by atoms with Crippen LogP contribution in [0.2, 0.25) is 0 Å². The lowest BCUT2D eigenvalue weighted by Gasteiger charge is -2.36. The van der Waals surface area contributed by atoms with E-state index in [1.54, 1.807) is 13.0 Å². The Morgan fingerprint density at radius 1 is 1.10 bits per heavy atom. The van der Waals surface area contributed by atoms with E-state index in [0.717, 1.165) is 30.4 Å². The van der Waals surface area contributed by atoms with Crippen LogP contribution in [-0.4, -0.2) is 64.7 Å². The van der Waals surface area contributed by atoms with Crippen molar-refractivity contribution >= 4 is 21.5 Å². The van der Waals surface area contributed by atoms with Gasteiger partial charge in [0, 0.05) is 37.8 Å². The maximum absolute atomic E-state index is 14.1. The summed E-state index contributed by atoms with van der Waals surface area (Å²) in [7, 11) is -3.71. The van der Waals surface area contributed by atoms with Crippen LogP contribution >= 0.6 is 0 Å². The Morgan fingerprint density at radius 3 is 2.45 bits per heavy atom. The van der Waals surface area contributed by atoms with Crippen molar-refractivity contribution in [3.05, 3.63) is 80.1 Å². The molecule has 14 heteroatoms. The van der Waals surface area contributed by atoms with Crippen LogP contribution in [0.25, 0.3) is 5.69 Å². The van der Waals surface area contributed by atoms with Crippen molar-refractivity contribution in [2.45, 2.75) is 44.5 Å². The van der Waals surface area contributed by atoms with E-state index in [2.05, 4.69) is 10.1 Å². The Labute approximate surface area is 230 Å². The summed E-state index contributed by atoms with van der Waals surface area (Å²) >= 11 is 0. The van der Waals surface area contributed by atoms with Gasteiger partial charge < -0.3 is 19.8 Å². The molecule has 0 bridgehead atoms. The van der Waals surface area contributed by atoms with Crippen LogP contribution in [0.3, 0.4) is 0 Å². The SMILES string of the molecule is Cc1cc(F)cc(-n2ncc(N3CCN(S(=O)(=O)Cc4ccc([N+](=O)[O-])nc4)CC3)c(OC3CCCC3)c2=O)c1. The zero-order valence-corrected chi connectivity index (χ0v) is 22.7. The average molecular weight is 573 g/mol. The van der Waals surface area contributed by atoms with Gasteiger partial charge in [0.2, 0.25) is 15.8 Å². The number of hydrogen-bond acceptors (Lipinski definition) is 9. The summed E-state index contributed by atoms with van der Waals surface area (Å²) in [5.74, 6) is -1.04. The maximum Gasteiger partial charge on any atom is 0.363 e. The third kappa shape index (κ3) is 5.97. The predicted octanol–water partition coefficient (Wildman–Crippen LogP) is 2.96. The highest BCUT2D eigenvalue weighted by Gasteiger charge is 2.31. The Morgan fingerprint density at radius 2 is 1.82 bits per heavy atom. The summed E-state index contributed by atoms with van der Waals surface area (Å²) in [6, 6.07) is 6.83. The number of hydrogen-bond donors (Lipinski definition) is 0. The fraction of sp³-hybridized carbons (Fsp3) is 0.423. The number of rotatable bonds is 8. The number of ether oxygens (including phenoxy) is 1. The molecule has 0 spiro atoms. The minimum atomic E-state index is -3.71. The van der Waals surface area contributed by atoms with Gasteiger partial charge in [-0.25, -0.2) is 12.8 Å². The minimum absolute atomic E-state index is 0.117. The van der Waals surface area contributed by atoms with E-state index < -0.39 is 26.3 Å². The molecule has 0 unspecified atom stereocenters. The molecule has 2 fully saturated rings. The standard InChI is InChI=1S/C26H29FN6O6S/c1-18-12-20(27)14-21(13-18)32-26(34)25(39-22-4-2-3-5-22)23(16-29-32)30-8-10-31(11-9-30)40(37,38)17-19-6-7-24(28-15-19)33(35)36/h6-7,12-16,22H,2-5,8-11,17H2,1H3. The van der Waals surface area contributed by atoms with E-state index in [9.17, 15) is 27.7 Å². The molecule has 0 radical (unpaired) electrons. The zero-order chi connectivity index (χ0) is 28.4. The van der Waals surface area contributed by atoms with Gasteiger partial charge in [-0.2, -0.15) is 14.1 Å². The molecule has 0 atom stereocenters. The number of benzene rings is 1. The molecule has 1 aliphatic carbocycles. The molecule has 3 aromatic rings. The van der Waals surface area contributed by atoms with Crippen molar-refractivity contribution in [3.63, 3.8) is 0 Å². The monoisotopic (exact) mass is 572 g/mol. The first-order valence-electron chi connectivity index (χ1n) is 13.0. The van der Waals surface area contributed by atoms with E-state index in [1.807, 2.05) is 4.90 Å². The summed E-state index contributed by atoms with van der Waals surface area (Å²) in [6.07, 6.45) is 6.24. The zero-order valence-electron chi connectivity index (χ0n) is 21.9. The molecule has 1 aliphatic heterocycles.